The molecule has 35 heavy (non-hydrogen) atoms. The van der Waals surface area contributed by atoms with Crippen LogP contribution in [-0.4, -0.2) is 35.1 Å². The number of nitro benzene ring substituents is 1. The molecular formula is C26H20N2O7. The second-order valence-corrected chi connectivity index (χ2v) is 9.49. The number of para-hydroxylation sites is 1. The van der Waals surface area contributed by atoms with Crippen LogP contribution in [0.5, 0.6) is 0 Å². The Bertz CT molecular complexity index is 1310. The van der Waals surface area contributed by atoms with Gasteiger partial charge in [0.25, 0.3) is 5.69 Å². The molecule has 6 atom stereocenters. The number of esters is 1. The Labute approximate surface area is 199 Å². The smallest absolute Gasteiger partial charge is 0.340 e. The van der Waals surface area contributed by atoms with Gasteiger partial charge in [-0.2, -0.15) is 0 Å². The molecule has 176 valence electrons. The number of nitrogens with zero attached hydrogens (tertiary/aromatic N) is 2. The van der Waals surface area contributed by atoms with E-state index in [-0.39, 0.29) is 46.2 Å². The van der Waals surface area contributed by atoms with Crippen LogP contribution in [0.25, 0.3) is 0 Å². The maximum Gasteiger partial charge on any atom is 0.340 e. The number of ketones is 1. The molecule has 0 N–H and O–H groups in total. The Morgan fingerprint density at radius 1 is 0.971 bits per heavy atom. The molecular weight excluding hydrogens is 452 g/mol. The molecule has 3 fully saturated rings. The minimum absolute atomic E-state index is 0.00477. The SMILES string of the molecule is O=C(COC(=O)c1ccccc1N1C(=O)[C@H]2[C@@H]3C=C[C@@H]([C@H]4C[C@H]34)[C@@H]2C1=O)c1cccc([N+](=O)[O-])c1. The monoisotopic (exact) mass is 472 g/mol. The fourth-order valence-electron chi connectivity index (χ4n) is 6.12. The fourth-order valence-corrected chi connectivity index (χ4v) is 6.12. The summed E-state index contributed by atoms with van der Waals surface area (Å²) in [4.78, 5) is 63.7. The summed E-state index contributed by atoms with van der Waals surface area (Å²) in [7, 11) is 0. The normalized spacial score (nSPS) is 29.5. The molecule has 1 aliphatic heterocycles. The van der Waals surface area contributed by atoms with E-state index >= 15 is 0 Å². The molecule has 2 amide bonds. The summed E-state index contributed by atoms with van der Waals surface area (Å²) in [6, 6.07) is 11.3. The summed E-state index contributed by atoms with van der Waals surface area (Å²) in [6.07, 6.45) is 5.21. The van der Waals surface area contributed by atoms with Crippen molar-refractivity contribution >= 4 is 34.9 Å². The van der Waals surface area contributed by atoms with Gasteiger partial charge in [0, 0.05) is 17.7 Å². The number of anilines is 1. The van der Waals surface area contributed by atoms with Crippen molar-refractivity contribution in [3.63, 3.8) is 0 Å². The number of carbonyl (C=O) groups is 4. The maximum atomic E-state index is 13.4. The minimum Gasteiger partial charge on any atom is -0.454 e. The van der Waals surface area contributed by atoms with Gasteiger partial charge in [0.15, 0.2) is 6.61 Å². The third-order valence-electron chi connectivity index (χ3n) is 7.74. The Kier molecular flexibility index (Phi) is 4.70. The lowest BCUT2D eigenvalue weighted by Crippen LogP contribution is -2.40. The summed E-state index contributed by atoms with van der Waals surface area (Å²) in [5.41, 5.74) is -0.0557. The number of nitro groups is 1. The molecule has 1 saturated heterocycles. The molecule has 2 aromatic carbocycles. The minimum atomic E-state index is -0.862. The van der Waals surface area contributed by atoms with Crippen LogP contribution in [0.1, 0.15) is 27.1 Å². The van der Waals surface area contributed by atoms with Crippen molar-refractivity contribution < 1.29 is 28.8 Å². The number of allylic oxidation sites excluding steroid dienone is 2. The number of non-ortho nitro benzene ring substituents is 1. The molecule has 2 bridgehead atoms. The van der Waals surface area contributed by atoms with Gasteiger partial charge in [-0.25, -0.2) is 9.69 Å². The molecule has 2 aromatic rings. The summed E-state index contributed by atoms with van der Waals surface area (Å²) in [6.45, 7) is -0.640. The molecule has 9 heteroatoms. The van der Waals surface area contributed by atoms with Crippen molar-refractivity contribution in [2.45, 2.75) is 6.42 Å². The van der Waals surface area contributed by atoms with Crippen LogP contribution < -0.4 is 4.90 Å². The van der Waals surface area contributed by atoms with Gasteiger partial charge in [-0.1, -0.05) is 36.4 Å². The van der Waals surface area contributed by atoms with Gasteiger partial charge in [0.2, 0.25) is 17.6 Å². The summed E-state index contributed by atoms with van der Waals surface area (Å²) in [5.74, 6) is -1.83. The van der Waals surface area contributed by atoms with Gasteiger partial charge in [-0.3, -0.25) is 24.5 Å². The first-order valence-electron chi connectivity index (χ1n) is 11.5. The summed E-state index contributed by atoms with van der Waals surface area (Å²) >= 11 is 0. The van der Waals surface area contributed by atoms with Gasteiger partial charge < -0.3 is 4.74 Å². The van der Waals surface area contributed by atoms with Crippen LogP contribution in [0.4, 0.5) is 11.4 Å². The van der Waals surface area contributed by atoms with Crippen LogP contribution in [-0.2, 0) is 14.3 Å². The third kappa shape index (κ3) is 3.22. The molecule has 0 radical (unpaired) electrons. The van der Waals surface area contributed by atoms with Gasteiger partial charge >= 0.3 is 5.97 Å². The Balaban J connectivity index is 1.22. The van der Waals surface area contributed by atoms with Crippen molar-refractivity contribution in [1.82, 2.24) is 0 Å². The quantitative estimate of drug-likeness (QED) is 0.158. The van der Waals surface area contributed by atoms with Gasteiger partial charge in [0.1, 0.15) is 0 Å². The second-order valence-electron chi connectivity index (χ2n) is 9.49. The molecule has 0 unspecified atom stereocenters. The number of imide groups is 1. The number of carbonyl (C=O) groups excluding carboxylic acids is 4. The van der Waals surface area contributed by atoms with E-state index in [2.05, 4.69) is 12.2 Å². The van der Waals surface area contributed by atoms with Crippen LogP contribution in [0.3, 0.4) is 0 Å². The van der Waals surface area contributed by atoms with Gasteiger partial charge in [-0.05, 0) is 42.2 Å². The molecule has 0 spiro atoms. The molecule has 2 saturated carbocycles. The number of rotatable bonds is 6. The Morgan fingerprint density at radius 2 is 1.63 bits per heavy atom. The van der Waals surface area contributed by atoms with Crippen molar-refractivity contribution in [3.8, 4) is 0 Å². The first-order chi connectivity index (χ1) is 16.9. The number of amides is 2. The molecule has 5 aliphatic rings. The standard InChI is InChI=1S/C26H20N2O7/c29-21(13-4-3-5-14(10-13)28(33)34)12-35-26(32)17-6-1-2-7-20(17)27-24(30)22-15-8-9-16(19-11-18(15)19)23(22)25(27)31/h1-10,15-16,18-19,22-23H,11-12H2/t15-,16+,18-,19-,22+,23+/m1/s1. The molecule has 1 heterocycles. The van der Waals surface area contributed by atoms with Crippen LogP contribution in [0, 0.1) is 45.6 Å². The van der Waals surface area contributed by atoms with E-state index in [0.29, 0.717) is 11.8 Å². The number of benzene rings is 2. The molecule has 4 aliphatic carbocycles. The van der Waals surface area contributed by atoms with E-state index < -0.39 is 35.1 Å². The average Bonchev–Trinajstić information content (AvgIpc) is 3.65. The van der Waals surface area contributed by atoms with E-state index in [1.54, 1.807) is 12.1 Å². The zero-order chi connectivity index (χ0) is 24.4. The second kappa shape index (κ2) is 7.69. The maximum absolute atomic E-state index is 13.4. The third-order valence-corrected chi connectivity index (χ3v) is 7.74. The van der Waals surface area contributed by atoms with Crippen molar-refractivity contribution in [1.29, 1.82) is 0 Å². The highest BCUT2D eigenvalue weighted by Gasteiger charge is 2.67. The zero-order valence-corrected chi connectivity index (χ0v) is 18.4. The van der Waals surface area contributed by atoms with Crippen molar-refractivity contribution in [2.75, 3.05) is 11.5 Å². The lowest BCUT2D eigenvalue weighted by atomic mass is 9.63. The van der Waals surface area contributed by atoms with Gasteiger partial charge in [0.05, 0.1) is 28.0 Å². The molecule has 0 aromatic heterocycles. The highest BCUT2D eigenvalue weighted by atomic mass is 16.6. The lowest BCUT2D eigenvalue weighted by molar-refractivity contribution is -0.384. The number of hydrogen-bond acceptors (Lipinski definition) is 7. The largest absolute Gasteiger partial charge is 0.454 e. The lowest BCUT2D eigenvalue weighted by Gasteiger charge is -2.37. The average molecular weight is 472 g/mol. The first kappa shape index (κ1) is 21.4. The summed E-state index contributed by atoms with van der Waals surface area (Å²) in [5, 5.41) is 10.9. The predicted octanol–water partition coefficient (Wildman–Crippen LogP) is 3.19. The number of Topliss-reactive ketones (excluding diaryl/α,β-unsaturated/α-hetero) is 1. The number of hydrogen-bond donors (Lipinski definition) is 0. The van der Waals surface area contributed by atoms with Crippen LogP contribution >= 0.6 is 0 Å². The van der Waals surface area contributed by atoms with E-state index in [4.69, 9.17) is 4.74 Å². The molecule has 9 nitrogen and oxygen atoms in total. The fraction of sp³-hybridized carbons (Fsp3) is 0.308. The van der Waals surface area contributed by atoms with E-state index in [9.17, 15) is 29.3 Å². The number of ether oxygens (including phenoxy) is 1. The summed E-state index contributed by atoms with van der Waals surface area (Å²) < 4.78 is 5.19. The first-order valence-corrected chi connectivity index (χ1v) is 11.5. The van der Waals surface area contributed by atoms with Gasteiger partial charge in [-0.15, -0.1) is 0 Å². The predicted molar refractivity (Wildman–Crippen MR) is 121 cm³/mol. The highest BCUT2D eigenvalue weighted by molar-refractivity contribution is 6.24. The zero-order valence-electron chi connectivity index (χ0n) is 18.4. The van der Waals surface area contributed by atoms with Crippen LogP contribution in [0.2, 0.25) is 0 Å². The van der Waals surface area contributed by atoms with Crippen LogP contribution in [0.15, 0.2) is 60.7 Å². The van der Waals surface area contributed by atoms with E-state index in [1.807, 2.05) is 0 Å². The van der Waals surface area contributed by atoms with E-state index in [1.165, 1.54) is 30.3 Å². The van der Waals surface area contributed by atoms with Crippen molar-refractivity contribution in [3.05, 3.63) is 81.9 Å². The highest BCUT2D eigenvalue weighted by Crippen LogP contribution is 2.65. The Hall–Kier alpha value is -4.14. The topological polar surface area (TPSA) is 124 Å². The van der Waals surface area contributed by atoms with E-state index in [0.717, 1.165) is 17.4 Å². The van der Waals surface area contributed by atoms with Crippen molar-refractivity contribution in [2.24, 2.45) is 35.5 Å². The Morgan fingerprint density at radius 3 is 2.29 bits per heavy atom. The molecule has 7 rings (SSSR count).